The highest BCUT2D eigenvalue weighted by Crippen LogP contribution is 2.38. The van der Waals surface area contributed by atoms with Gasteiger partial charge in [0.15, 0.2) is 0 Å². The Kier molecular flexibility index (Phi) is 2.52. The van der Waals surface area contributed by atoms with Crippen LogP contribution in [0.4, 0.5) is 0 Å². The van der Waals surface area contributed by atoms with Gasteiger partial charge in [0.2, 0.25) is 0 Å². The predicted molar refractivity (Wildman–Crippen MR) is 64.7 cm³/mol. The molecule has 0 spiro atoms. The fraction of sp³-hybridized carbons (Fsp3) is 0.600. The molecule has 5 rings (SSSR count). The first kappa shape index (κ1) is 9.45. The zero-order chi connectivity index (χ0) is 10.1. The Morgan fingerprint density at radius 2 is 1.47 bits per heavy atom. The van der Waals surface area contributed by atoms with E-state index in [2.05, 4.69) is 18.2 Å². The van der Waals surface area contributed by atoms with Gasteiger partial charge in [0.25, 0.3) is 0 Å². The van der Waals surface area contributed by atoms with Crippen LogP contribution >= 0.6 is 0 Å². The van der Waals surface area contributed by atoms with Gasteiger partial charge in [-0.1, -0.05) is 34.9 Å². The van der Waals surface area contributed by atoms with Crippen LogP contribution in [0.15, 0.2) is 34.9 Å². The van der Waals surface area contributed by atoms with E-state index in [1.54, 1.807) is 16.7 Å². The van der Waals surface area contributed by atoms with Crippen molar-refractivity contribution in [3.63, 3.8) is 0 Å². The topological polar surface area (TPSA) is 0 Å². The number of fused-ring (bicyclic) bond motifs is 5. The minimum absolute atomic E-state index is 1.08. The summed E-state index contributed by atoms with van der Waals surface area (Å²) in [6.45, 7) is 0. The first-order valence-corrected chi connectivity index (χ1v) is 6.45. The molecule has 0 aromatic rings. The number of hydrogen-bond acceptors (Lipinski definition) is 0. The first-order chi connectivity index (χ1) is 7.40. The molecule has 5 aliphatic rings. The van der Waals surface area contributed by atoms with Crippen molar-refractivity contribution in [1.29, 1.82) is 0 Å². The highest BCUT2D eigenvalue weighted by molar-refractivity contribution is 5.29. The van der Waals surface area contributed by atoms with Gasteiger partial charge in [-0.25, -0.2) is 0 Å². The summed E-state index contributed by atoms with van der Waals surface area (Å²) in [6, 6.07) is 0. The summed E-state index contributed by atoms with van der Waals surface area (Å²) >= 11 is 0. The third kappa shape index (κ3) is 2.09. The summed E-state index contributed by atoms with van der Waals surface area (Å²) in [4.78, 5) is 0. The van der Waals surface area contributed by atoms with Crippen LogP contribution in [0.2, 0.25) is 0 Å². The molecular formula is C15H20. The summed E-state index contributed by atoms with van der Waals surface area (Å²) in [5, 5.41) is 0. The molecule has 0 nitrogen and oxygen atoms in total. The second-order valence-electron chi connectivity index (χ2n) is 5.36. The van der Waals surface area contributed by atoms with Gasteiger partial charge in [-0.3, -0.25) is 0 Å². The molecule has 0 radical (unpaired) electrons. The van der Waals surface area contributed by atoms with Crippen LogP contribution in [0.25, 0.3) is 0 Å². The Hall–Kier alpha value is -0.780. The van der Waals surface area contributed by atoms with Crippen LogP contribution in [0.3, 0.4) is 0 Å². The summed E-state index contributed by atoms with van der Waals surface area (Å²) in [5.41, 5.74) is 5.07. The van der Waals surface area contributed by atoms with Crippen LogP contribution in [0, 0.1) is 5.92 Å². The Bertz CT molecular complexity index is 309. The molecule has 15 heavy (non-hydrogen) atoms. The third-order valence-electron chi connectivity index (χ3n) is 4.25. The molecule has 0 aromatic heterocycles. The van der Waals surface area contributed by atoms with Crippen molar-refractivity contribution in [2.75, 3.05) is 0 Å². The van der Waals surface area contributed by atoms with Crippen LogP contribution in [0.1, 0.15) is 51.4 Å². The van der Waals surface area contributed by atoms with Gasteiger partial charge in [-0.15, -0.1) is 0 Å². The minimum Gasteiger partial charge on any atom is -0.0850 e. The largest absolute Gasteiger partial charge is 0.0850 e. The van der Waals surface area contributed by atoms with E-state index in [9.17, 15) is 0 Å². The van der Waals surface area contributed by atoms with Crippen molar-refractivity contribution in [1.82, 2.24) is 0 Å². The van der Waals surface area contributed by atoms with Gasteiger partial charge in [0, 0.05) is 0 Å². The lowest BCUT2D eigenvalue weighted by atomic mass is 9.85. The van der Waals surface area contributed by atoms with Crippen molar-refractivity contribution < 1.29 is 0 Å². The summed E-state index contributed by atoms with van der Waals surface area (Å²) in [7, 11) is 0. The molecule has 2 fully saturated rings. The van der Waals surface area contributed by atoms with E-state index in [4.69, 9.17) is 0 Å². The van der Waals surface area contributed by atoms with E-state index < -0.39 is 0 Å². The van der Waals surface area contributed by atoms with Crippen molar-refractivity contribution in [3.8, 4) is 0 Å². The average molecular weight is 200 g/mol. The molecule has 0 aliphatic heterocycles. The van der Waals surface area contributed by atoms with E-state index in [-0.39, 0.29) is 0 Å². The Balaban J connectivity index is 0.0000000971. The summed E-state index contributed by atoms with van der Waals surface area (Å²) in [5.74, 6) is 1.08. The van der Waals surface area contributed by atoms with Gasteiger partial charge in [0.05, 0.1) is 0 Å². The monoisotopic (exact) mass is 200 g/mol. The van der Waals surface area contributed by atoms with Gasteiger partial charge in [-0.2, -0.15) is 0 Å². The van der Waals surface area contributed by atoms with Crippen LogP contribution < -0.4 is 0 Å². The Morgan fingerprint density at radius 1 is 0.800 bits per heavy atom. The van der Waals surface area contributed by atoms with E-state index >= 15 is 0 Å². The maximum atomic E-state index is 2.42. The standard InChI is InChI=1S/C8H10.C7H10/c1-2-8-5-3-7(1)4-6-8;1-2-7-4-3-6(1)5-7/h1-2H,3-6H2;1,7H,2-5H2. The van der Waals surface area contributed by atoms with Crippen molar-refractivity contribution in [2.24, 2.45) is 5.92 Å². The molecule has 5 aliphatic carbocycles. The third-order valence-corrected chi connectivity index (χ3v) is 4.25. The van der Waals surface area contributed by atoms with Gasteiger partial charge < -0.3 is 0 Å². The molecule has 0 aromatic carbocycles. The van der Waals surface area contributed by atoms with E-state index in [0.717, 1.165) is 5.92 Å². The second kappa shape index (κ2) is 4.00. The molecule has 0 heterocycles. The number of allylic oxidation sites excluding steroid dienone is 6. The zero-order valence-electron chi connectivity index (χ0n) is 9.47. The van der Waals surface area contributed by atoms with Crippen LogP contribution in [-0.2, 0) is 0 Å². The normalized spacial score (nSPS) is 30.4. The van der Waals surface area contributed by atoms with E-state index in [0.29, 0.717) is 0 Å². The zero-order valence-corrected chi connectivity index (χ0v) is 9.47. The summed E-state index contributed by atoms with van der Waals surface area (Å²) in [6.07, 6.45) is 18.2. The lowest BCUT2D eigenvalue weighted by Crippen LogP contribution is -2.01. The Labute approximate surface area is 92.8 Å². The fourth-order valence-corrected chi connectivity index (χ4v) is 3.15. The fourth-order valence-electron chi connectivity index (χ4n) is 3.15. The maximum Gasteiger partial charge on any atom is -0.0280 e. The van der Waals surface area contributed by atoms with Crippen LogP contribution in [-0.4, -0.2) is 0 Å². The van der Waals surface area contributed by atoms with Gasteiger partial charge in [0.1, 0.15) is 0 Å². The highest BCUT2D eigenvalue weighted by Gasteiger charge is 2.22. The number of rotatable bonds is 0. The minimum atomic E-state index is 1.08. The first-order valence-electron chi connectivity index (χ1n) is 6.45. The van der Waals surface area contributed by atoms with Gasteiger partial charge >= 0.3 is 0 Å². The lowest BCUT2D eigenvalue weighted by Gasteiger charge is -2.20. The molecule has 0 heteroatoms. The molecule has 1 unspecified atom stereocenters. The van der Waals surface area contributed by atoms with Crippen molar-refractivity contribution >= 4 is 0 Å². The molecular weight excluding hydrogens is 180 g/mol. The smallest absolute Gasteiger partial charge is 0.0280 e. The Morgan fingerprint density at radius 3 is 1.60 bits per heavy atom. The molecule has 0 amide bonds. The van der Waals surface area contributed by atoms with Crippen molar-refractivity contribution in [2.45, 2.75) is 51.4 Å². The molecule has 80 valence electrons. The molecule has 4 bridgehead atoms. The van der Waals surface area contributed by atoms with Crippen LogP contribution in [0.5, 0.6) is 0 Å². The molecule has 1 atom stereocenters. The van der Waals surface area contributed by atoms with Gasteiger partial charge in [-0.05, 0) is 57.3 Å². The molecule has 2 saturated carbocycles. The molecule has 0 saturated heterocycles. The maximum absolute atomic E-state index is 2.42. The van der Waals surface area contributed by atoms with E-state index in [1.807, 2.05) is 0 Å². The summed E-state index contributed by atoms with van der Waals surface area (Å²) < 4.78 is 0. The second-order valence-corrected chi connectivity index (χ2v) is 5.36. The van der Waals surface area contributed by atoms with E-state index in [1.165, 1.54) is 51.4 Å². The SMILES string of the molecule is C1=C2CCC(=C1)CC2.C1=C2CCC(C1)C2. The lowest BCUT2D eigenvalue weighted by molar-refractivity contribution is 0.576. The van der Waals surface area contributed by atoms with Crippen molar-refractivity contribution in [3.05, 3.63) is 34.9 Å². The molecule has 0 N–H and O–H groups in total. The quantitative estimate of drug-likeness (QED) is 0.503. The average Bonchev–Trinajstić information content (AvgIpc) is 2.97. The predicted octanol–water partition coefficient (Wildman–Crippen LogP) is 4.54. The number of hydrogen-bond donors (Lipinski definition) is 0. The highest BCUT2D eigenvalue weighted by atomic mass is 14.3.